The average molecular weight is 394 g/mol. The summed E-state index contributed by atoms with van der Waals surface area (Å²) in [5.41, 5.74) is -0.187. The van der Waals surface area contributed by atoms with Gasteiger partial charge in [-0.2, -0.15) is 5.01 Å². The summed E-state index contributed by atoms with van der Waals surface area (Å²) in [5, 5.41) is 16.9. The van der Waals surface area contributed by atoms with E-state index >= 15 is 0 Å². The van der Waals surface area contributed by atoms with Gasteiger partial charge in [0.25, 0.3) is 5.69 Å². The molecule has 0 spiro atoms. The summed E-state index contributed by atoms with van der Waals surface area (Å²) in [5.74, 6) is -0.167. The van der Waals surface area contributed by atoms with E-state index in [4.69, 9.17) is 27.9 Å². The molecule has 0 N–H and O–H groups in total. The lowest BCUT2D eigenvalue weighted by Gasteiger charge is -2.31. The molecule has 26 heavy (non-hydrogen) atoms. The van der Waals surface area contributed by atoms with Crippen LogP contribution >= 0.6 is 23.2 Å². The molecule has 134 valence electrons. The Morgan fingerprint density at radius 1 is 1.19 bits per heavy atom. The molecular weight excluding hydrogens is 381 g/mol. The van der Waals surface area contributed by atoms with Crippen molar-refractivity contribution in [3.05, 3.63) is 73.8 Å². The fourth-order valence-corrected chi connectivity index (χ4v) is 2.92. The molecule has 7 nitrogen and oxygen atoms in total. The van der Waals surface area contributed by atoms with E-state index in [9.17, 15) is 14.9 Å². The van der Waals surface area contributed by atoms with E-state index in [1.165, 1.54) is 36.2 Å². The predicted octanol–water partition coefficient (Wildman–Crippen LogP) is 4.31. The number of nitrogens with zero attached hydrogens (tertiary/aromatic N) is 3. The number of carbonyl (C=O) groups is 1. The zero-order valence-corrected chi connectivity index (χ0v) is 15.3. The molecule has 0 saturated heterocycles. The van der Waals surface area contributed by atoms with E-state index in [-0.39, 0.29) is 17.5 Å². The monoisotopic (exact) mass is 393 g/mol. The van der Waals surface area contributed by atoms with Crippen LogP contribution in [0.15, 0.2) is 47.6 Å². The number of benzene rings is 2. The topological polar surface area (TPSA) is 85.0 Å². The van der Waals surface area contributed by atoms with Gasteiger partial charge in [0.15, 0.2) is 0 Å². The molecule has 1 aliphatic rings. The number of carbonyl (C=O) groups excluding carboxylic acids is 1. The fourth-order valence-electron chi connectivity index (χ4n) is 2.62. The Bertz CT molecular complexity index is 930. The number of rotatable bonds is 3. The first kappa shape index (κ1) is 18.2. The minimum Gasteiger partial charge on any atom is -0.443 e. The molecule has 1 atom stereocenters. The van der Waals surface area contributed by atoms with Crippen molar-refractivity contribution >= 4 is 40.7 Å². The normalized spacial score (nSPS) is 19.1. The van der Waals surface area contributed by atoms with Crippen molar-refractivity contribution in [1.82, 2.24) is 5.01 Å². The highest BCUT2D eigenvalue weighted by Gasteiger charge is 2.45. The summed E-state index contributed by atoms with van der Waals surface area (Å²) in [6.45, 7) is 3.04. The zero-order valence-electron chi connectivity index (χ0n) is 13.8. The van der Waals surface area contributed by atoms with Crippen molar-refractivity contribution in [2.75, 3.05) is 0 Å². The number of hydrazone groups is 1. The lowest BCUT2D eigenvalue weighted by molar-refractivity contribution is -0.384. The lowest BCUT2D eigenvalue weighted by Crippen LogP contribution is -2.41. The lowest BCUT2D eigenvalue weighted by atomic mass is 10.0. The molecule has 1 unspecified atom stereocenters. The third-order valence-corrected chi connectivity index (χ3v) is 4.71. The zero-order chi connectivity index (χ0) is 19.1. The number of halogens is 2. The first-order valence-electron chi connectivity index (χ1n) is 7.51. The Kier molecular flexibility index (Phi) is 4.60. The number of non-ortho nitro benzene ring substituents is 1. The van der Waals surface area contributed by atoms with Crippen LogP contribution in [0.1, 0.15) is 25.0 Å². The molecule has 9 heteroatoms. The molecular formula is C17H13Cl2N3O4. The van der Waals surface area contributed by atoms with Gasteiger partial charge in [0, 0.05) is 37.1 Å². The van der Waals surface area contributed by atoms with Crippen molar-refractivity contribution in [1.29, 1.82) is 0 Å². The van der Waals surface area contributed by atoms with Gasteiger partial charge in [0.05, 0.1) is 15.0 Å². The molecule has 0 bridgehead atoms. The number of hydrogen-bond acceptors (Lipinski definition) is 5. The minimum absolute atomic E-state index is 0.0528. The number of hydrogen-bond donors (Lipinski definition) is 0. The van der Waals surface area contributed by atoms with Crippen LogP contribution in [-0.4, -0.2) is 21.7 Å². The van der Waals surface area contributed by atoms with Crippen LogP contribution in [0.5, 0.6) is 0 Å². The number of ether oxygens (including phenoxy) is 1. The second kappa shape index (κ2) is 6.59. The number of nitro groups is 1. The molecule has 1 aliphatic heterocycles. The van der Waals surface area contributed by atoms with Crippen molar-refractivity contribution in [3.63, 3.8) is 0 Å². The fraction of sp³-hybridized carbons (Fsp3) is 0.176. The quantitative estimate of drug-likeness (QED) is 0.574. The van der Waals surface area contributed by atoms with Crippen molar-refractivity contribution < 1.29 is 14.5 Å². The molecule has 2 aromatic carbocycles. The van der Waals surface area contributed by atoms with Gasteiger partial charge in [-0.1, -0.05) is 29.3 Å². The molecule has 0 saturated carbocycles. The molecule has 1 amide bonds. The molecule has 0 fully saturated rings. The van der Waals surface area contributed by atoms with Crippen molar-refractivity contribution in [2.24, 2.45) is 5.10 Å². The molecule has 0 aliphatic carbocycles. The maximum absolute atomic E-state index is 12.1. The summed E-state index contributed by atoms with van der Waals surface area (Å²) < 4.78 is 5.97. The number of nitro benzene ring substituents is 1. The van der Waals surface area contributed by atoms with Crippen molar-refractivity contribution in [3.8, 4) is 0 Å². The van der Waals surface area contributed by atoms with Gasteiger partial charge < -0.3 is 4.74 Å². The minimum atomic E-state index is -1.23. The van der Waals surface area contributed by atoms with E-state index in [1.807, 2.05) is 0 Å². The van der Waals surface area contributed by atoms with E-state index in [0.29, 0.717) is 21.2 Å². The summed E-state index contributed by atoms with van der Waals surface area (Å²) in [6.07, 6.45) is 0. The second-order valence-corrected chi connectivity index (χ2v) is 6.57. The molecule has 2 aromatic rings. The Morgan fingerprint density at radius 3 is 2.38 bits per heavy atom. The van der Waals surface area contributed by atoms with Crippen LogP contribution in [0.4, 0.5) is 5.69 Å². The maximum atomic E-state index is 12.1. The van der Waals surface area contributed by atoms with Crippen LogP contribution in [0.3, 0.4) is 0 Å². The highest BCUT2D eigenvalue weighted by atomic mass is 35.5. The Balaban J connectivity index is 2.00. The second-order valence-electron chi connectivity index (χ2n) is 5.75. The van der Waals surface area contributed by atoms with E-state index in [2.05, 4.69) is 5.10 Å². The predicted molar refractivity (Wildman–Crippen MR) is 97.1 cm³/mol. The van der Waals surface area contributed by atoms with Gasteiger partial charge in [-0.05, 0) is 24.3 Å². The molecule has 1 heterocycles. The number of amides is 1. The van der Waals surface area contributed by atoms with Gasteiger partial charge in [-0.15, -0.1) is 5.10 Å². The van der Waals surface area contributed by atoms with E-state index in [1.54, 1.807) is 25.1 Å². The average Bonchev–Trinajstić information content (AvgIpc) is 2.96. The highest BCUT2D eigenvalue weighted by molar-refractivity contribution is 6.42. The summed E-state index contributed by atoms with van der Waals surface area (Å²) in [4.78, 5) is 22.4. The first-order valence-corrected chi connectivity index (χ1v) is 8.27. The van der Waals surface area contributed by atoms with Gasteiger partial charge in [-0.25, -0.2) is 0 Å². The van der Waals surface area contributed by atoms with Crippen LogP contribution in [0, 0.1) is 10.1 Å². The molecule has 0 aromatic heterocycles. The van der Waals surface area contributed by atoms with Crippen molar-refractivity contribution in [2.45, 2.75) is 19.6 Å². The highest BCUT2D eigenvalue weighted by Crippen LogP contribution is 2.38. The van der Waals surface area contributed by atoms with Gasteiger partial charge in [-0.3, -0.25) is 14.9 Å². The maximum Gasteiger partial charge on any atom is 0.269 e. The SMILES string of the molecule is CC(=O)N1N=C(c2ccc([N+](=O)[O-])cc2)OC1(C)c1ccc(Cl)c(Cl)c1. The molecule has 3 rings (SSSR count). The third-order valence-electron chi connectivity index (χ3n) is 3.97. The summed E-state index contributed by atoms with van der Waals surface area (Å²) in [6, 6.07) is 10.6. The first-order chi connectivity index (χ1) is 12.2. The standard InChI is InChI=1S/C17H13Cl2N3O4/c1-10(23)21-17(2,12-5-8-14(18)15(19)9-12)26-16(20-21)11-3-6-13(7-4-11)22(24)25/h3-9H,1-2H3. The summed E-state index contributed by atoms with van der Waals surface area (Å²) in [7, 11) is 0. The van der Waals surface area contributed by atoms with Gasteiger partial charge in [0.2, 0.25) is 17.5 Å². The Morgan fingerprint density at radius 2 is 1.85 bits per heavy atom. The van der Waals surface area contributed by atoms with Gasteiger partial charge in [0.1, 0.15) is 0 Å². The van der Waals surface area contributed by atoms with Gasteiger partial charge >= 0.3 is 0 Å². The third kappa shape index (κ3) is 3.11. The van der Waals surface area contributed by atoms with Crippen LogP contribution in [0.25, 0.3) is 0 Å². The van der Waals surface area contributed by atoms with Crippen LogP contribution < -0.4 is 0 Å². The van der Waals surface area contributed by atoms with Crippen LogP contribution in [0.2, 0.25) is 10.0 Å². The molecule has 0 radical (unpaired) electrons. The van der Waals surface area contributed by atoms with E-state index < -0.39 is 10.6 Å². The Hall–Kier alpha value is -2.64. The summed E-state index contributed by atoms with van der Waals surface area (Å²) >= 11 is 12.0. The van der Waals surface area contributed by atoms with E-state index in [0.717, 1.165) is 0 Å². The van der Waals surface area contributed by atoms with Crippen LogP contribution in [-0.2, 0) is 15.3 Å². The smallest absolute Gasteiger partial charge is 0.269 e. The Labute approximate surface area is 158 Å². The largest absolute Gasteiger partial charge is 0.443 e.